The van der Waals surface area contributed by atoms with E-state index in [0.717, 1.165) is 48.3 Å². The molecule has 2 aromatic carbocycles. The molecule has 4 nitrogen and oxygen atoms in total. The molecular weight excluding hydrogens is 324 g/mol. The van der Waals surface area contributed by atoms with Gasteiger partial charge < -0.3 is 9.72 Å². The van der Waals surface area contributed by atoms with E-state index in [9.17, 15) is 4.79 Å². The minimum atomic E-state index is 0.0383. The van der Waals surface area contributed by atoms with Gasteiger partial charge in [-0.25, -0.2) is 0 Å². The lowest BCUT2D eigenvalue weighted by molar-refractivity contribution is -0.126. The van der Waals surface area contributed by atoms with Crippen molar-refractivity contribution in [1.29, 1.82) is 0 Å². The Bertz CT molecular complexity index is 901. The molecule has 1 aromatic heterocycles. The van der Waals surface area contributed by atoms with Gasteiger partial charge in [0.05, 0.1) is 7.11 Å². The molecule has 1 aliphatic heterocycles. The number of likely N-dealkylation sites (tertiary alicyclic amines) is 1. The van der Waals surface area contributed by atoms with Crippen molar-refractivity contribution < 1.29 is 9.53 Å². The standard InChI is InChI=1S/C22H24N2O2/c1-26-21-9-5-8-19-22(21)17(13-23-19)12-18-15-24(11-10-20(18)25)14-16-6-3-2-4-7-16/h2-9,13,18,23H,10-12,14-15H2,1H3. The predicted molar refractivity (Wildman–Crippen MR) is 103 cm³/mol. The summed E-state index contributed by atoms with van der Waals surface area (Å²) >= 11 is 0. The zero-order chi connectivity index (χ0) is 17.9. The van der Waals surface area contributed by atoms with E-state index in [-0.39, 0.29) is 5.92 Å². The molecule has 1 N–H and O–H groups in total. The maximum atomic E-state index is 12.5. The van der Waals surface area contributed by atoms with Crippen LogP contribution in [0.4, 0.5) is 0 Å². The number of aromatic amines is 1. The van der Waals surface area contributed by atoms with Crippen LogP contribution in [0.5, 0.6) is 5.75 Å². The van der Waals surface area contributed by atoms with Gasteiger partial charge in [-0.3, -0.25) is 9.69 Å². The highest BCUT2D eigenvalue weighted by Gasteiger charge is 2.28. The molecule has 0 saturated carbocycles. The van der Waals surface area contributed by atoms with E-state index >= 15 is 0 Å². The molecule has 0 spiro atoms. The number of fused-ring (bicyclic) bond motifs is 1. The highest BCUT2D eigenvalue weighted by molar-refractivity contribution is 5.90. The average molecular weight is 348 g/mol. The van der Waals surface area contributed by atoms with Crippen LogP contribution in [0.25, 0.3) is 10.9 Å². The highest BCUT2D eigenvalue weighted by atomic mass is 16.5. The van der Waals surface area contributed by atoms with Crippen LogP contribution >= 0.6 is 0 Å². The van der Waals surface area contributed by atoms with Gasteiger partial charge >= 0.3 is 0 Å². The average Bonchev–Trinajstić information content (AvgIpc) is 3.08. The Kier molecular flexibility index (Phi) is 4.76. The number of hydrogen-bond donors (Lipinski definition) is 1. The number of ether oxygens (including phenoxy) is 1. The molecule has 1 atom stereocenters. The normalized spacial score (nSPS) is 18.3. The van der Waals surface area contributed by atoms with Crippen LogP contribution in [0.2, 0.25) is 0 Å². The van der Waals surface area contributed by atoms with E-state index in [0.29, 0.717) is 12.2 Å². The van der Waals surface area contributed by atoms with Gasteiger partial charge in [-0.1, -0.05) is 36.4 Å². The number of aromatic nitrogens is 1. The van der Waals surface area contributed by atoms with Crippen LogP contribution in [0, 0.1) is 5.92 Å². The van der Waals surface area contributed by atoms with Crippen LogP contribution < -0.4 is 4.74 Å². The number of methoxy groups -OCH3 is 1. The van der Waals surface area contributed by atoms with Gasteiger partial charge in [0, 0.05) is 49.1 Å². The third-order valence-electron chi connectivity index (χ3n) is 5.29. The fourth-order valence-corrected chi connectivity index (χ4v) is 3.96. The number of carbonyl (C=O) groups is 1. The molecule has 26 heavy (non-hydrogen) atoms. The molecule has 1 saturated heterocycles. The van der Waals surface area contributed by atoms with Crippen molar-refractivity contribution in [1.82, 2.24) is 9.88 Å². The van der Waals surface area contributed by atoms with E-state index in [1.165, 1.54) is 5.56 Å². The molecule has 3 aromatic rings. The summed E-state index contributed by atoms with van der Waals surface area (Å²) in [6.45, 7) is 2.57. The second-order valence-corrected chi connectivity index (χ2v) is 7.03. The molecule has 0 amide bonds. The monoisotopic (exact) mass is 348 g/mol. The lowest BCUT2D eigenvalue weighted by atomic mass is 9.89. The van der Waals surface area contributed by atoms with Gasteiger partial charge in [0.1, 0.15) is 11.5 Å². The summed E-state index contributed by atoms with van der Waals surface area (Å²) in [5, 5.41) is 1.10. The first kappa shape index (κ1) is 16.9. The van der Waals surface area contributed by atoms with Crippen molar-refractivity contribution in [3.63, 3.8) is 0 Å². The van der Waals surface area contributed by atoms with Crippen LogP contribution in [-0.2, 0) is 17.8 Å². The number of nitrogens with zero attached hydrogens (tertiary/aromatic N) is 1. The first-order valence-corrected chi connectivity index (χ1v) is 9.16. The zero-order valence-electron chi connectivity index (χ0n) is 15.1. The van der Waals surface area contributed by atoms with Crippen LogP contribution in [0.3, 0.4) is 0 Å². The molecule has 1 fully saturated rings. The van der Waals surface area contributed by atoms with Crippen molar-refractivity contribution in [2.75, 3.05) is 20.2 Å². The van der Waals surface area contributed by atoms with Gasteiger partial charge in [0.15, 0.2) is 0 Å². The Morgan fingerprint density at radius 3 is 2.81 bits per heavy atom. The summed E-state index contributed by atoms with van der Waals surface area (Å²) < 4.78 is 5.53. The summed E-state index contributed by atoms with van der Waals surface area (Å²) in [5.41, 5.74) is 3.52. The minimum Gasteiger partial charge on any atom is -0.496 e. The Hall–Kier alpha value is -2.59. The van der Waals surface area contributed by atoms with Gasteiger partial charge in [-0.15, -0.1) is 0 Å². The molecule has 1 unspecified atom stereocenters. The molecular formula is C22H24N2O2. The second-order valence-electron chi connectivity index (χ2n) is 7.03. The molecule has 2 heterocycles. The van der Waals surface area contributed by atoms with E-state index in [1.54, 1.807) is 7.11 Å². The van der Waals surface area contributed by atoms with Crippen molar-refractivity contribution in [2.45, 2.75) is 19.4 Å². The van der Waals surface area contributed by atoms with Crippen molar-refractivity contribution >= 4 is 16.7 Å². The third kappa shape index (κ3) is 3.37. The number of piperidine rings is 1. The lowest BCUT2D eigenvalue weighted by Crippen LogP contribution is -2.41. The van der Waals surface area contributed by atoms with Crippen molar-refractivity contribution in [3.8, 4) is 5.75 Å². The molecule has 0 aliphatic carbocycles. The van der Waals surface area contributed by atoms with Crippen LogP contribution in [-0.4, -0.2) is 35.9 Å². The van der Waals surface area contributed by atoms with Gasteiger partial charge in [0.2, 0.25) is 0 Å². The maximum Gasteiger partial charge on any atom is 0.138 e. The Morgan fingerprint density at radius 2 is 2.00 bits per heavy atom. The number of rotatable bonds is 5. The van der Waals surface area contributed by atoms with Gasteiger partial charge in [-0.2, -0.15) is 0 Å². The number of H-pyrrole nitrogens is 1. The summed E-state index contributed by atoms with van der Waals surface area (Å²) in [4.78, 5) is 18.3. The topological polar surface area (TPSA) is 45.3 Å². The number of nitrogens with one attached hydrogen (secondary N) is 1. The number of hydrogen-bond acceptors (Lipinski definition) is 3. The number of carbonyl (C=O) groups excluding carboxylic acids is 1. The third-order valence-corrected chi connectivity index (χ3v) is 5.29. The first-order valence-electron chi connectivity index (χ1n) is 9.16. The van der Waals surface area contributed by atoms with Crippen molar-refractivity contribution in [3.05, 3.63) is 65.9 Å². The first-order chi connectivity index (χ1) is 12.7. The smallest absolute Gasteiger partial charge is 0.138 e. The Morgan fingerprint density at radius 1 is 1.15 bits per heavy atom. The molecule has 0 radical (unpaired) electrons. The van der Waals surface area contributed by atoms with Gasteiger partial charge in [-0.05, 0) is 29.7 Å². The molecule has 1 aliphatic rings. The molecule has 0 bridgehead atoms. The minimum absolute atomic E-state index is 0.0383. The zero-order valence-corrected chi connectivity index (χ0v) is 15.1. The maximum absolute atomic E-state index is 12.5. The predicted octanol–water partition coefficient (Wildman–Crippen LogP) is 3.81. The summed E-state index contributed by atoms with van der Waals surface area (Å²) in [5.74, 6) is 1.28. The number of benzene rings is 2. The fourth-order valence-electron chi connectivity index (χ4n) is 3.96. The summed E-state index contributed by atoms with van der Waals surface area (Å²) in [6.07, 6.45) is 3.41. The van der Waals surface area contributed by atoms with Crippen LogP contribution in [0.1, 0.15) is 17.5 Å². The molecule has 4 heteroatoms. The van der Waals surface area contributed by atoms with E-state index in [1.807, 2.05) is 30.5 Å². The number of ketones is 1. The van der Waals surface area contributed by atoms with E-state index in [2.05, 4.69) is 34.1 Å². The summed E-state index contributed by atoms with van der Waals surface area (Å²) in [6, 6.07) is 16.5. The van der Waals surface area contributed by atoms with Crippen LogP contribution in [0.15, 0.2) is 54.7 Å². The SMILES string of the molecule is COc1cccc2[nH]cc(CC3CN(Cc4ccccc4)CCC3=O)c12. The second kappa shape index (κ2) is 7.34. The van der Waals surface area contributed by atoms with E-state index in [4.69, 9.17) is 4.74 Å². The Labute approximate surface area is 153 Å². The molecule has 4 rings (SSSR count). The summed E-state index contributed by atoms with van der Waals surface area (Å²) in [7, 11) is 1.69. The molecule has 134 valence electrons. The highest BCUT2D eigenvalue weighted by Crippen LogP contribution is 2.31. The van der Waals surface area contributed by atoms with Crippen molar-refractivity contribution in [2.24, 2.45) is 5.92 Å². The fraction of sp³-hybridized carbons (Fsp3) is 0.318. The lowest BCUT2D eigenvalue weighted by Gasteiger charge is -2.31. The van der Waals surface area contributed by atoms with Gasteiger partial charge in [0.25, 0.3) is 0 Å². The van der Waals surface area contributed by atoms with E-state index < -0.39 is 0 Å². The number of Topliss-reactive ketones (excluding diaryl/α,β-unsaturated/α-hetero) is 1. The Balaban J connectivity index is 1.52. The largest absolute Gasteiger partial charge is 0.496 e. The quantitative estimate of drug-likeness (QED) is 0.763.